The Hall–Kier alpha value is -2.73. The van der Waals surface area contributed by atoms with Crippen LogP contribution in [-0.2, 0) is 24.0 Å². The fraction of sp³-hybridized carbons (Fsp3) is 0.722. The summed E-state index contributed by atoms with van der Waals surface area (Å²) in [5, 5.41) is 25.1. The second kappa shape index (κ2) is 14.3. The molecule has 0 heterocycles. The van der Waals surface area contributed by atoms with Gasteiger partial charge in [0.25, 0.3) is 0 Å². The summed E-state index contributed by atoms with van der Waals surface area (Å²) in [4.78, 5) is 58.4. The van der Waals surface area contributed by atoms with E-state index in [1.807, 2.05) is 0 Å². The molecular weight excluding hydrogens is 398 g/mol. The summed E-state index contributed by atoms with van der Waals surface area (Å²) in [6.45, 7) is 3.37. The molecule has 0 spiro atoms. The average molecular weight is 431 g/mol. The lowest BCUT2D eigenvalue weighted by atomic mass is 9.98. The largest absolute Gasteiger partial charge is 0.481 e. The summed E-state index contributed by atoms with van der Waals surface area (Å²) in [5.41, 5.74) is 10.9. The zero-order valence-electron chi connectivity index (χ0n) is 17.3. The average Bonchev–Trinajstić information content (AvgIpc) is 2.67. The van der Waals surface area contributed by atoms with Crippen molar-refractivity contribution < 1.29 is 34.2 Å². The summed E-state index contributed by atoms with van der Waals surface area (Å²) < 4.78 is 0. The topological polar surface area (TPSA) is 214 Å². The Morgan fingerprint density at radius 3 is 2.13 bits per heavy atom. The van der Waals surface area contributed by atoms with Crippen LogP contribution in [0.15, 0.2) is 0 Å². The molecule has 3 amide bonds. The minimum absolute atomic E-state index is 0.230. The van der Waals surface area contributed by atoms with Crippen molar-refractivity contribution in [3.05, 3.63) is 0 Å². The highest BCUT2D eigenvalue weighted by atomic mass is 16.4. The van der Waals surface area contributed by atoms with Crippen molar-refractivity contribution in [2.24, 2.45) is 17.4 Å². The van der Waals surface area contributed by atoms with Gasteiger partial charge in [-0.3, -0.25) is 19.2 Å². The molecule has 0 bridgehead atoms. The molecule has 0 fully saturated rings. The molecule has 4 unspecified atom stereocenters. The molecule has 0 rings (SSSR count). The van der Waals surface area contributed by atoms with Gasteiger partial charge in [0.1, 0.15) is 12.1 Å². The first kappa shape index (κ1) is 27.3. The third-order valence-corrected chi connectivity index (χ3v) is 4.53. The van der Waals surface area contributed by atoms with Crippen LogP contribution < -0.4 is 27.4 Å². The molecule has 0 aliphatic heterocycles. The van der Waals surface area contributed by atoms with Crippen LogP contribution in [0.4, 0.5) is 0 Å². The van der Waals surface area contributed by atoms with Crippen molar-refractivity contribution in [3.63, 3.8) is 0 Å². The number of nitrogens with two attached hydrogens (primary N) is 2. The summed E-state index contributed by atoms with van der Waals surface area (Å²) >= 11 is 0. The lowest BCUT2D eigenvalue weighted by Crippen LogP contribution is -2.55. The van der Waals surface area contributed by atoms with Gasteiger partial charge in [-0.2, -0.15) is 0 Å². The van der Waals surface area contributed by atoms with Crippen LogP contribution in [0.2, 0.25) is 0 Å². The maximum Gasteiger partial charge on any atom is 0.326 e. The van der Waals surface area contributed by atoms with Crippen molar-refractivity contribution >= 4 is 29.7 Å². The van der Waals surface area contributed by atoms with Gasteiger partial charge in [-0.05, 0) is 31.7 Å². The van der Waals surface area contributed by atoms with Crippen LogP contribution in [-0.4, -0.2) is 71.1 Å². The van der Waals surface area contributed by atoms with E-state index in [0.717, 1.165) is 0 Å². The second-order valence-electron chi connectivity index (χ2n) is 7.04. The Kier molecular flexibility index (Phi) is 13.0. The molecule has 12 heteroatoms. The number of nitrogens with one attached hydrogen (secondary N) is 3. The van der Waals surface area contributed by atoms with E-state index in [0.29, 0.717) is 25.8 Å². The zero-order valence-corrected chi connectivity index (χ0v) is 17.3. The molecule has 12 nitrogen and oxygen atoms in total. The molecule has 0 saturated heterocycles. The fourth-order valence-electron chi connectivity index (χ4n) is 2.52. The number of carbonyl (C=O) groups excluding carboxylic acids is 3. The molecular formula is C18H33N5O7. The van der Waals surface area contributed by atoms with E-state index in [1.54, 1.807) is 13.8 Å². The minimum Gasteiger partial charge on any atom is -0.481 e. The monoisotopic (exact) mass is 431 g/mol. The van der Waals surface area contributed by atoms with Crippen molar-refractivity contribution in [3.8, 4) is 0 Å². The highest BCUT2D eigenvalue weighted by molar-refractivity contribution is 5.93. The van der Waals surface area contributed by atoms with Crippen molar-refractivity contribution in [2.75, 3.05) is 13.1 Å². The first-order valence-corrected chi connectivity index (χ1v) is 9.81. The standard InChI is InChI=1S/C18H33N5O7/c1-3-10(2)15(18(29)30)23-17(28)12(6-4-5-7-19)22-13(24)9-21-16(27)11(20)8-14(25)26/h10-12,15H,3-9,19-20H2,1-2H3,(H,21,27)(H,22,24)(H,23,28)(H,25,26)(H,29,30). The van der Waals surface area contributed by atoms with E-state index in [2.05, 4.69) is 16.0 Å². The lowest BCUT2D eigenvalue weighted by molar-refractivity contribution is -0.143. The summed E-state index contributed by atoms with van der Waals surface area (Å²) in [6.07, 6.45) is 1.29. The van der Waals surface area contributed by atoms with Gasteiger partial charge in [0.05, 0.1) is 19.0 Å². The SMILES string of the molecule is CCC(C)C(NC(=O)C(CCCCN)NC(=O)CNC(=O)C(N)CC(=O)O)C(=O)O. The predicted octanol–water partition coefficient (Wildman–Crippen LogP) is -1.87. The molecule has 0 aromatic rings. The number of rotatable bonds is 15. The molecule has 172 valence electrons. The van der Waals surface area contributed by atoms with Gasteiger partial charge < -0.3 is 37.6 Å². The first-order valence-electron chi connectivity index (χ1n) is 9.81. The fourth-order valence-corrected chi connectivity index (χ4v) is 2.52. The Labute approximate surface area is 175 Å². The van der Waals surface area contributed by atoms with E-state index in [9.17, 15) is 29.1 Å². The summed E-state index contributed by atoms with van der Waals surface area (Å²) in [5.74, 6) is -4.92. The number of carboxylic acids is 2. The molecule has 0 saturated carbocycles. The highest BCUT2D eigenvalue weighted by Gasteiger charge is 2.29. The first-order chi connectivity index (χ1) is 14.0. The number of carboxylic acid groups (broad SMARTS) is 2. The molecule has 0 aliphatic carbocycles. The Morgan fingerprint density at radius 2 is 1.63 bits per heavy atom. The van der Waals surface area contributed by atoms with E-state index < -0.39 is 60.8 Å². The lowest BCUT2D eigenvalue weighted by Gasteiger charge is -2.24. The van der Waals surface area contributed by atoms with Crippen LogP contribution in [0.5, 0.6) is 0 Å². The van der Waals surface area contributed by atoms with E-state index in [1.165, 1.54) is 0 Å². The van der Waals surface area contributed by atoms with Gasteiger partial charge in [-0.1, -0.05) is 20.3 Å². The number of carbonyl (C=O) groups is 5. The molecule has 9 N–H and O–H groups in total. The molecule has 0 aliphatic rings. The van der Waals surface area contributed by atoms with E-state index in [4.69, 9.17) is 16.6 Å². The third kappa shape index (κ3) is 10.7. The minimum atomic E-state index is -1.31. The van der Waals surface area contributed by atoms with Crippen LogP contribution in [0.1, 0.15) is 46.0 Å². The van der Waals surface area contributed by atoms with Gasteiger partial charge in [0.15, 0.2) is 0 Å². The molecule has 4 atom stereocenters. The predicted molar refractivity (Wildman–Crippen MR) is 107 cm³/mol. The second-order valence-corrected chi connectivity index (χ2v) is 7.04. The quantitative estimate of drug-likeness (QED) is 0.144. The zero-order chi connectivity index (χ0) is 23.3. The summed E-state index contributed by atoms with van der Waals surface area (Å²) in [6, 6.07) is -3.43. The number of hydrogen-bond acceptors (Lipinski definition) is 7. The number of aliphatic carboxylic acids is 2. The van der Waals surface area contributed by atoms with E-state index >= 15 is 0 Å². The molecule has 0 aromatic carbocycles. The van der Waals surface area contributed by atoms with Gasteiger partial charge in [-0.25, -0.2) is 4.79 Å². The van der Waals surface area contributed by atoms with Crippen molar-refractivity contribution in [1.29, 1.82) is 0 Å². The van der Waals surface area contributed by atoms with Gasteiger partial charge in [-0.15, -0.1) is 0 Å². The number of hydrogen-bond donors (Lipinski definition) is 7. The van der Waals surface area contributed by atoms with Gasteiger partial charge in [0.2, 0.25) is 17.7 Å². The number of unbranched alkanes of at least 4 members (excludes halogenated alkanes) is 1. The Morgan fingerprint density at radius 1 is 1.00 bits per heavy atom. The van der Waals surface area contributed by atoms with Crippen LogP contribution in [0.3, 0.4) is 0 Å². The molecule has 30 heavy (non-hydrogen) atoms. The maximum absolute atomic E-state index is 12.6. The highest BCUT2D eigenvalue weighted by Crippen LogP contribution is 2.09. The summed E-state index contributed by atoms with van der Waals surface area (Å²) in [7, 11) is 0. The van der Waals surface area contributed by atoms with Gasteiger partial charge in [0, 0.05) is 0 Å². The van der Waals surface area contributed by atoms with Crippen LogP contribution >= 0.6 is 0 Å². The maximum atomic E-state index is 12.6. The molecule has 0 radical (unpaired) electrons. The number of amides is 3. The normalized spacial score (nSPS) is 14.7. The van der Waals surface area contributed by atoms with Gasteiger partial charge >= 0.3 is 11.9 Å². The van der Waals surface area contributed by atoms with Crippen LogP contribution in [0, 0.1) is 5.92 Å². The molecule has 0 aromatic heterocycles. The van der Waals surface area contributed by atoms with Crippen molar-refractivity contribution in [2.45, 2.75) is 64.1 Å². The van der Waals surface area contributed by atoms with Crippen molar-refractivity contribution in [1.82, 2.24) is 16.0 Å². The Balaban J connectivity index is 4.96. The Bertz CT molecular complexity index is 614. The van der Waals surface area contributed by atoms with Crippen LogP contribution in [0.25, 0.3) is 0 Å². The van der Waals surface area contributed by atoms with E-state index in [-0.39, 0.29) is 12.3 Å². The smallest absolute Gasteiger partial charge is 0.326 e. The third-order valence-electron chi connectivity index (χ3n) is 4.53.